The summed E-state index contributed by atoms with van der Waals surface area (Å²) >= 11 is 0. The second-order valence-corrected chi connectivity index (χ2v) is 11.3. The Morgan fingerprint density at radius 2 is 1.34 bits per heavy atom. The van der Waals surface area contributed by atoms with E-state index in [1.807, 2.05) is 0 Å². The van der Waals surface area contributed by atoms with Crippen LogP contribution in [0, 0.1) is 11.8 Å². The van der Waals surface area contributed by atoms with E-state index >= 15 is 0 Å². The maximum absolute atomic E-state index is 11.8. The van der Waals surface area contributed by atoms with E-state index in [1.165, 1.54) is 70.6 Å². The van der Waals surface area contributed by atoms with Crippen molar-refractivity contribution < 1.29 is 43.4 Å². The molecule has 35 heavy (non-hydrogen) atoms. The summed E-state index contributed by atoms with van der Waals surface area (Å²) in [5, 5.41) is 27.5. The fourth-order valence-corrected chi connectivity index (χ4v) is 4.97. The molecule has 9 nitrogen and oxygen atoms in total. The first-order valence-corrected chi connectivity index (χ1v) is 15.0. The summed E-state index contributed by atoms with van der Waals surface area (Å²) in [6.45, 7) is 0.126. The maximum Gasteiger partial charge on any atom is 0.472 e. The summed E-state index contributed by atoms with van der Waals surface area (Å²) in [6, 6.07) is 0. The van der Waals surface area contributed by atoms with Crippen molar-refractivity contribution in [2.45, 2.75) is 115 Å². The standard InChI is InChI=1S/C25H49O9P/c1-2-3-4-10-13-21-16-22(21)14-11-8-6-5-7-9-12-15-25(29)32-18-24(28)20-34-35(30,31)33-19-23(27)17-26/h21-24,26-28H,2-20H2,1H3,(H,30,31)/t21-,22+,23?,24+/m0/s1. The third kappa shape index (κ3) is 18.4. The van der Waals surface area contributed by atoms with E-state index in [-0.39, 0.29) is 13.0 Å². The predicted octanol–water partition coefficient (Wildman–Crippen LogP) is 4.49. The van der Waals surface area contributed by atoms with Gasteiger partial charge in [0.2, 0.25) is 0 Å². The van der Waals surface area contributed by atoms with Crippen LogP contribution in [-0.4, -0.2) is 64.8 Å². The number of phosphoric ester groups is 1. The lowest BCUT2D eigenvalue weighted by molar-refractivity contribution is -0.147. The fourth-order valence-electron chi connectivity index (χ4n) is 4.17. The Hall–Kier alpha value is -0.540. The molecular formula is C25H49O9P. The summed E-state index contributed by atoms with van der Waals surface area (Å²) in [4.78, 5) is 21.2. The molecule has 0 bridgehead atoms. The van der Waals surface area contributed by atoms with Gasteiger partial charge >= 0.3 is 13.8 Å². The average molecular weight is 525 g/mol. The van der Waals surface area contributed by atoms with Crippen LogP contribution >= 0.6 is 7.82 Å². The number of rotatable bonds is 24. The first-order chi connectivity index (χ1) is 16.8. The minimum absolute atomic E-state index is 0.273. The van der Waals surface area contributed by atoms with Gasteiger partial charge in [0, 0.05) is 6.42 Å². The van der Waals surface area contributed by atoms with Gasteiger partial charge < -0.3 is 24.9 Å². The van der Waals surface area contributed by atoms with Crippen LogP contribution in [0.5, 0.6) is 0 Å². The molecule has 0 aromatic rings. The zero-order valence-corrected chi connectivity index (χ0v) is 22.4. The molecule has 0 saturated heterocycles. The summed E-state index contributed by atoms with van der Waals surface area (Å²) < 4.78 is 25.6. The molecule has 0 spiro atoms. The Labute approximate surface area is 211 Å². The summed E-state index contributed by atoms with van der Waals surface area (Å²) in [5.41, 5.74) is 0. The highest BCUT2D eigenvalue weighted by atomic mass is 31.2. The number of carbonyl (C=O) groups is 1. The van der Waals surface area contributed by atoms with Crippen LogP contribution in [-0.2, 0) is 23.1 Å². The third-order valence-corrected chi connectivity index (χ3v) is 7.41. The number of phosphoric acid groups is 1. The third-order valence-electron chi connectivity index (χ3n) is 6.46. The van der Waals surface area contributed by atoms with Crippen LogP contribution in [0.1, 0.15) is 103 Å². The molecule has 1 fully saturated rings. The van der Waals surface area contributed by atoms with Crippen LogP contribution in [0.15, 0.2) is 0 Å². The van der Waals surface area contributed by atoms with Gasteiger partial charge in [-0.15, -0.1) is 0 Å². The molecule has 1 saturated carbocycles. The highest BCUT2D eigenvalue weighted by Crippen LogP contribution is 2.46. The molecule has 4 N–H and O–H groups in total. The highest BCUT2D eigenvalue weighted by Gasteiger charge is 2.35. The van der Waals surface area contributed by atoms with Crippen molar-refractivity contribution >= 4 is 13.8 Å². The van der Waals surface area contributed by atoms with Gasteiger partial charge in [0.15, 0.2) is 0 Å². The largest absolute Gasteiger partial charge is 0.472 e. The van der Waals surface area contributed by atoms with Crippen LogP contribution in [0.4, 0.5) is 0 Å². The molecule has 10 heteroatoms. The summed E-state index contributed by atoms with van der Waals surface area (Å²) in [7, 11) is -4.48. The van der Waals surface area contributed by atoms with E-state index in [4.69, 9.17) is 14.9 Å². The predicted molar refractivity (Wildman–Crippen MR) is 134 cm³/mol. The van der Waals surface area contributed by atoms with Crippen LogP contribution in [0.25, 0.3) is 0 Å². The first kappa shape index (κ1) is 32.5. The molecule has 1 rings (SSSR count). The SMILES string of the molecule is CCCCCC[C@H]1C[C@H]1CCCCCCCCCC(=O)OC[C@@H](O)COP(=O)(O)OCC(O)CO. The topological polar surface area (TPSA) is 143 Å². The van der Waals surface area contributed by atoms with Gasteiger partial charge in [-0.05, 0) is 24.7 Å². The lowest BCUT2D eigenvalue weighted by Crippen LogP contribution is -2.24. The number of ether oxygens (including phenoxy) is 1. The van der Waals surface area contributed by atoms with E-state index in [0.717, 1.165) is 31.1 Å². The number of hydrogen-bond donors (Lipinski definition) is 4. The number of aliphatic hydroxyl groups excluding tert-OH is 3. The van der Waals surface area contributed by atoms with E-state index < -0.39 is 45.8 Å². The van der Waals surface area contributed by atoms with E-state index in [0.29, 0.717) is 0 Å². The normalized spacial score (nSPS) is 20.8. The Balaban J connectivity index is 1.89. The van der Waals surface area contributed by atoms with Gasteiger partial charge in [0.25, 0.3) is 0 Å². The van der Waals surface area contributed by atoms with Crippen molar-refractivity contribution in [1.29, 1.82) is 0 Å². The molecule has 0 radical (unpaired) electrons. The molecular weight excluding hydrogens is 475 g/mol. The van der Waals surface area contributed by atoms with E-state index in [9.17, 15) is 19.4 Å². The van der Waals surface area contributed by atoms with E-state index in [1.54, 1.807) is 0 Å². The zero-order valence-electron chi connectivity index (χ0n) is 21.5. The Morgan fingerprint density at radius 1 is 0.829 bits per heavy atom. The highest BCUT2D eigenvalue weighted by molar-refractivity contribution is 7.47. The molecule has 0 heterocycles. The second-order valence-electron chi connectivity index (χ2n) is 9.85. The van der Waals surface area contributed by atoms with Gasteiger partial charge in [0.1, 0.15) is 18.8 Å². The quantitative estimate of drug-likeness (QED) is 0.0815. The molecule has 1 aliphatic carbocycles. The van der Waals surface area contributed by atoms with Gasteiger partial charge in [-0.25, -0.2) is 4.57 Å². The smallest absolute Gasteiger partial charge is 0.463 e. The van der Waals surface area contributed by atoms with Gasteiger partial charge in [-0.2, -0.15) is 0 Å². The second kappa shape index (κ2) is 19.6. The van der Waals surface area contributed by atoms with Crippen molar-refractivity contribution in [3.8, 4) is 0 Å². The lowest BCUT2D eigenvalue weighted by atomic mass is 10.0. The Kier molecular flexibility index (Phi) is 18.2. The Bertz CT molecular complexity index is 589. The van der Waals surface area contributed by atoms with Crippen LogP contribution in [0.3, 0.4) is 0 Å². The van der Waals surface area contributed by atoms with Crippen molar-refractivity contribution in [1.82, 2.24) is 0 Å². The van der Waals surface area contributed by atoms with Crippen LogP contribution < -0.4 is 0 Å². The Morgan fingerprint density at radius 3 is 1.91 bits per heavy atom. The van der Waals surface area contributed by atoms with Crippen LogP contribution in [0.2, 0.25) is 0 Å². The summed E-state index contributed by atoms with van der Waals surface area (Å²) in [6.07, 6.45) is 15.4. The lowest BCUT2D eigenvalue weighted by Gasteiger charge is -2.16. The molecule has 0 aromatic heterocycles. The average Bonchev–Trinajstić information content (AvgIpc) is 3.59. The molecule has 2 unspecified atom stereocenters. The number of unbranched alkanes of at least 4 members (excludes halogenated alkanes) is 9. The fraction of sp³-hybridized carbons (Fsp3) is 0.960. The van der Waals surface area contributed by atoms with Crippen molar-refractivity contribution in [2.24, 2.45) is 11.8 Å². The minimum Gasteiger partial charge on any atom is -0.463 e. The number of carbonyl (C=O) groups excluding carboxylic acids is 1. The molecule has 208 valence electrons. The van der Waals surface area contributed by atoms with Crippen molar-refractivity contribution in [3.05, 3.63) is 0 Å². The van der Waals surface area contributed by atoms with Gasteiger partial charge in [-0.3, -0.25) is 13.8 Å². The van der Waals surface area contributed by atoms with Crippen molar-refractivity contribution in [3.63, 3.8) is 0 Å². The monoisotopic (exact) mass is 524 g/mol. The number of esters is 1. The van der Waals surface area contributed by atoms with Gasteiger partial charge in [-0.1, -0.05) is 84.0 Å². The maximum atomic E-state index is 11.8. The number of hydrogen-bond acceptors (Lipinski definition) is 8. The molecule has 1 aliphatic rings. The van der Waals surface area contributed by atoms with Gasteiger partial charge in [0.05, 0.1) is 19.8 Å². The first-order valence-electron chi connectivity index (χ1n) is 13.5. The molecule has 5 atom stereocenters. The molecule has 0 aromatic carbocycles. The van der Waals surface area contributed by atoms with Crippen molar-refractivity contribution in [2.75, 3.05) is 26.4 Å². The minimum atomic E-state index is -4.48. The number of aliphatic hydroxyl groups is 3. The molecule has 0 amide bonds. The van der Waals surface area contributed by atoms with E-state index in [2.05, 4.69) is 16.0 Å². The summed E-state index contributed by atoms with van der Waals surface area (Å²) in [5.74, 6) is 1.59. The zero-order chi connectivity index (χ0) is 25.9. The molecule has 0 aliphatic heterocycles.